The van der Waals surface area contributed by atoms with Gasteiger partial charge in [-0.05, 0) is 12.8 Å². The van der Waals surface area contributed by atoms with Gasteiger partial charge in [0.05, 0.1) is 0 Å². The van der Waals surface area contributed by atoms with Gasteiger partial charge in [0.1, 0.15) is 0 Å². The maximum atomic E-state index is 11.8. The Labute approximate surface area is 125 Å². The van der Waals surface area contributed by atoms with Crippen molar-refractivity contribution in [1.29, 1.82) is 0 Å². The molecule has 0 aliphatic heterocycles. The molecule has 0 fully saturated rings. The Morgan fingerprint density at radius 3 is 1.57 bits per heavy atom. The molecule has 8 heteroatoms. The number of carbonyl (C=O) groups is 2. The van der Waals surface area contributed by atoms with E-state index in [-0.39, 0.29) is 0 Å². The molecule has 0 spiro atoms. The van der Waals surface area contributed by atoms with Gasteiger partial charge in [0.25, 0.3) is 0 Å². The van der Waals surface area contributed by atoms with E-state index in [4.69, 9.17) is 18.5 Å². The van der Waals surface area contributed by atoms with Gasteiger partial charge in [-0.3, -0.25) is 23.2 Å². The van der Waals surface area contributed by atoms with Crippen molar-refractivity contribution in [1.82, 2.24) is 0 Å². The molecular formula is C13H25O7P. The van der Waals surface area contributed by atoms with Crippen molar-refractivity contribution in [2.45, 2.75) is 52.4 Å². The summed E-state index contributed by atoms with van der Waals surface area (Å²) < 4.78 is 30.9. The van der Waals surface area contributed by atoms with Gasteiger partial charge in [-0.1, -0.05) is 26.7 Å². The molecule has 0 radical (unpaired) electrons. The smallest absolute Gasteiger partial charge is 0.333 e. The number of unbranched alkanes of at least 4 members (excludes halogenated alkanes) is 2. The molecule has 0 aromatic rings. The fourth-order valence-electron chi connectivity index (χ4n) is 1.20. The topological polar surface area (TPSA) is 88.1 Å². The van der Waals surface area contributed by atoms with Gasteiger partial charge >= 0.3 is 19.5 Å². The van der Waals surface area contributed by atoms with Crippen LogP contribution in [0.1, 0.15) is 52.4 Å². The first-order valence-electron chi connectivity index (χ1n) is 7.09. The Hall–Kier alpha value is -0.910. The first kappa shape index (κ1) is 20.1. The molecular weight excluding hydrogens is 299 g/mol. The molecule has 0 saturated heterocycles. The van der Waals surface area contributed by atoms with Crippen LogP contribution in [0.15, 0.2) is 0 Å². The highest BCUT2D eigenvalue weighted by atomic mass is 31.2. The highest BCUT2D eigenvalue weighted by Crippen LogP contribution is 2.43. The lowest BCUT2D eigenvalue weighted by Gasteiger charge is -2.14. The Morgan fingerprint density at radius 1 is 0.857 bits per heavy atom. The molecule has 0 aliphatic rings. The van der Waals surface area contributed by atoms with Gasteiger partial charge in [-0.2, -0.15) is 0 Å². The Balaban J connectivity index is 3.76. The third-order valence-corrected chi connectivity index (χ3v) is 3.63. The van der Waals surface area contributed by atoms with E-state index in [1.807, 2.05) is 13.8 Å². The fraction of sp³-hybridized carbons (Fsp3) is 0.846. The third kappa shape index (κ3) is 12.5. The SMILES string of the molecule is CCCCC(=O)OCOP(C)(=O)OCOC(=O)CCCC. The minimum absolute atomic E-state index is 0.295. The second-order valence-corrected chi connectivity index (χ2v) is 6.56. The molecule has 0 saturated carbocycles. The van der Waals surface area contributed by atoms with E-state index in [1.165, 1.54) is 6.66 Å². The summed E-state index contributed by atoms with van der Waals surface area (Å²) in [7, 11) is -3.41. The second kappa shape index (κ2) is 11.7. The number of carbonyl (C=O) groups excluding carboxylic acids is 2. The van der Waals surface area contributed by atoms with Gasteiger partial charge in [-0.25, -0.2) is 0 Å². The normalized spacial score (nSPS) is 11.2. The first-order chi connectivity index (χ1) is 9.91. The Kier molecular flexibility index (Phi) is 11.2. The maximum Gasteiger partial charge on any atom is 0.333 e. The molecule has 0 aromatic heterocycles. The molecule has 0 unspecified atom stereocenters. The van der Waals surface area contributed by atoms with Crippen LogP contribution in [0.5, 0.6) is 0 Å². The molecule has 0 bridgehead atoms. The van der Waals surface area contributed by atoms with Crippen molar-refractivity contribution in [3.05, 3.63) is 0 Å². The lowest BCUT2D eigenvalue weighted by atomic mass is 10.3. The zero-order chi connectivity index (χ0) is 16.1. The molecule has 0 rings (SSSR count). The number of hydrogen-bond donors (Lipinski definition) is 0. The summed E-state index contributed by atoms with van der Waals surface area (Å²) in [6, 6.07) is 0. The zero-order valence-electron chi connectivity index (χ0n) is 13.0. The minimum atomic E-state index is -3.41. The summed E-state index contributed by atoms with van der Waals surface area (Å²) in [5.74, 6) is -0.828. The summed E-state index contributed by atoms with van der Waals surface area (Å²) in [6.45, 7) is 4.24. The van der Waals surface area contributed by atoms with E-state index < -0.39 is 33.1 Å². The van der Waals surface area contributed by atoms with Crippen molar-refractivity contribution >= 4 is 19.5 Å². The van der Waals surface area contributed by atoms with Crippen LogP contribution in [-0.4, -0.2) is 32.2 Å². The van der Waals surface area contributed by atoms with E-state index in [0.29, 0.717) is 12.8 Å². The molecule has 0 aromatic carbocycles. The van der Waals surface area contributed by atoms with Crippen LogP contribution in [0.3, 0.4) is 0 Å². The molecule has 7 nitrogen and oxygen atoms in total. The number of rotatable bonds is 12. The summed E-state index contributed by atoms with van der Waals surface area (Å²) >= 11 is 0. The summed E-state index contributed by atoms with van der Waals surface area (Å²) in [4.78, 5) is 22.4. The summed E-state index contributed by atoms with van der Waals surface area (Å²) in [5, 5.41) is 0. The molecule has 0 N–H and O–H groups in total. The van der Waals surface area contributed by atoms with Crippen LogP contribution >= 0.6 is 7.60 Å². The van der Waals surface area contributed by atoms with Crippen LogP contribution in [-0.2, 0) is 32.7 Å². The van der Waals surface area contributed by atoms with Crippen molar-refractivity contribution < 1.29 is 32.7 Å². The summed E-state index contributed by atoms with van der Waals surface area (Å²) in [6.07, 6.45) is 3.82. The molecule has 0 aliphatic carbocycles. The molecule has 21 heavy (non-hydrogen) atoms. The van der Waals surface area contributed by atoms with Crippen LogP contribution in [0.25, 0.3) is 0 Å². The number of esters is 2. The highest BCUT2D eigenvalue weighted by Gasteiger charge is 2.18. The van der Waals surface area contributed by atoms with E-state index in [9.17, 15) is 14.2 Å². The average molecular weight is 324 g/mol. The van der Waals surface area contributed by atoms with Crippen LogP contribution in [0, 0.1) is 0 Å². The maximum absolute atomic E-state index is 11.8. The number of hydrogen-bond acceptors (Lipinski definition) is 7. The predicted molar refractivity (Wildman–Crippen MR) is 76.7 cm³/mol. The third-order valence-electron chi connectivity index (χ3n) is 2.48. The van der Waals surface area contributed by atoms with Gasteiger partial charge in [0.2, 0.25) is 13.6 Å². The molecule has 0 amide bonds. The van der Waals surface area contributed by atoms with Gasteiger partial charge < -0.3 is 9.47 Å². The minimum Gasteiger partial charge on any atom is -0.438 e. The zero-order valence-corrected chi connectivity index (χ0v) is 13.9. The summed E-state index contributed by atoms with van der Waals surface area (Å²) in [5.41, 5.74) is 0. The number of ether oxygens (including phenoxy) is 2. The van der Waals surface area contributed by atoms with Crippen LogP contribution < -0.4 is 0 Å². The Morgan fingerprint density at radius 2 is 1.24 bits per heavy atom. The largest absolute Gasteiger partial charge is 0.438 e. The molecule has 124 valence electrons. The van der Waals surface area contributed by atoms with E-state index in [0.717, 1.165) is 25.7 Å². The van der Waals surface area contributed by atoms with Crippen molar-refractivity contribution in [3.8, 4) is 0 Å². The standard InChI is InChI=1S/C13H25O7P/c1-4-6-8-12(14)17-10-19-21(3,16)20-11-18-13(15)9-7-5-2/h4-11H2,1-3H3. The van der Waals surface area contributed by atoms with E-state index in [2.05, 4.69) is 0 Å². The first-order valence-corrected chi connectivity index (χ1v) is 9.08. The van der Waals surface area contributed by atoms with Crippen molar-refractivity contribution in [3.63, 3.8) is 0 Å². The van der Waals surface area contributed by atoms with Gasteiger partial charge in [0.15, 0.2) is 0 Å². The van der Waals surface area contributed by atoms with Crippen LogP contribution in [0.2, 0.25) is 0 Å². The van der Waals surface area contributed by atoms with Gasteiger partial charge in [-0.15, -0.1) is 0 Å². The average Bonchev–Trinajstić information content (AvgIpc) is 2.42. The monoisotopic (exact) mass is 324 g/mol. The molecule has 0 atom stereocenters. The quantitative estimate of drug-likeness (QED) is 0.309. The lowest BCUT2D eigenvalue weighted by Crippen LogP contribution is -2.10. The van der Waals surface area contributed by atoms with Crippen molar-refractivity contribution in [2.24, 2.45) is 0 Å². The second-order valence-electron chi connectivity index (χ2n) is 4.51. The van der Waals surface area contributed by atoms with Crippen LogP contribution in [0.4, 0.5) is 0 Å². The highest BCUT2D eigenvalue weighted by molar-refractivity contribution is 7.52. The van der Waals surface area contributed by atoms with E-state index in [1.54, 1.807) is 0 Å². The predicted octanol–water partition coefficient (Wildman–Crippen LogP) is 3.22. The van der Waals surface area contributed by atoms with Crippen molar-refractivity contribution in [2.75, 3.05) is 20.3 Å². The Bertz CT molecular complexity index is 326. The molecule has 0 heterocycles. The lowest BCUT2D eigenvalue weighted by molar-refractivity contribution is -0.152. The van der Waals surface area contributed by atoms with E-state index >= 15 is 0 Å². The fourth-order valence-corrected chi connectivity index (χ4v) is 1.76. The van der Waals surface area contributed by atoms with Gasteiger partial charge in [0, 0.05) is 19.5 Å².